The summed E-state index contributed by atoms with van der Waals surface area (Å²) in [7, 11) is -3.65. The number of hydrogen-bond donors (Lipinski definition) is 0. The second-order valence-electron chi connectivity index (χ2n) is 8.14. The summed E-state index contributed by atoms with van der Waals surface area (Å²) in [5.41, 5.74) is 1.94. The van der Waals surface area contributed by atoms with Crippen molar-refractivity contribution in [2.45, 2.75) is 50.8 Å². The first kappa shape index (κ1) is 23.9. The van der Waals surface area contributed by atoms with E-state index in [1.807, 2.05) is 32.9 Å². The molecule has 32 heavy (non-hydrogen) atoms. The van der Waals surface area contributed by atoms with Crippen LogP contribution >= 0.6 is 0 Å². The Morgan fingerprint density at radius 2 is 1.69 bits per heavy atom. The van der Waals surface area contributed by atoms with Crippen LogP contribution in [-0.2, 0) is 21.3 Å². The van der Waals surface area contributed by atoms with Gasteiger partial charge in [0, 0.05) is 31.7 Å². The molecule has 8 heteroatoms. The standard InChI is InChI=1S/C24H29N3O4S/c1-4-13-26(17-21-7-5-20(14-25)6-8-21)24(28)22-9-11-23(12-10-22)32(29,30)27-15-18(2)31-19(3)16-27/h5-12,18-19H,4,13,15-17H2,1-3H3. The van der Waals surface area contributed by atoms with Gasteiger partial charge < -0.3 is 9.64 Å². The predicted octanol–water partition coefficient (Wildman–Crippen LogP) is 3.41. The van der Waals surface area contributed by atoms with Crippen molar-refractivity contribution in [2.24, 2.45) is 0 Å². The van der Waals surface area contributed by atoms with Crippen molar-refractivity contribution in [1.82, 2.24) is 9.21 Å². The number of sulfonamides is 1. The van der Waals surface area contributed by atoms with Crippen molar-refractivity contribution >= 4 is 15.9 Å². The monoisotopic (exact) mass is 455 g/mol. The molecule has 0 aromatic heterocycles. The van der Waals surface area contributed by atoms with Gasteiger partial charge in [0.2, 0.25) is 10.0 Å². The zero-order valence-corrected chi connectivity index (χ0v) is 19.5. The molecular formula is C24H29N3O4S. The molecule has 0 bridgehead atoms. The van der Waals surface area contributed by atoms with Crippen LogP contribution in [0.25, 0.3) is 0 Å². The maximum Gasteiger partial charge on any atom is 0.254 e. The molecule has 1 heterocycles. The topological polar surface area (TPSA) is 90.7 Å². The molecule has 7 nitrogen and oxygen atoms in total. The van der Waals surface area contributed by atoms with E-state index in [4.69, 9.17) is 10.00 Å². The Kier molecular flexibility index (Phi) is 7.67. The smallest absolute Gasteiger partial charge is 0.254 e. The lowest BCUT2D eigenvalue weighted by Crippen LogP contribution is -2.48. The van der Waals surface area contributed by atoms with Gasteiger partial charge in [-0.3, -0.25) is 4.79 Å². The summed E-state index contributed by atoms with van der Waals surface area (Å²) >= 11 is 0. The number of carbonyl (C=O) groups is 1. The number of morpholine rings is 1. The molecule has 2 atom stereocenters. The third-order valence-corrected chi connectivity index (χ3v) is 7.21. The first-order valence-electron chi connectivity index (χ1n) is 10.8. The number of rotatable bonds is 7. The van der Waals surface area contributed by atoms with Gasteiger partial charge in [-0.1, -0.05) is 19.1 Å². The fourth-order valence-corrected chi connectivity index (χ4v) is 5.45. The zero-order valence-electron chi connectivity index (χ0n) is 18.7. The van der Waals surface area contributed by atoms with Gasteiger partial charge in [0.25, 0.3) is 5.91 Å². The maximum absolute atomic E-state index is 13.1. The fourth-order valence-electron chi connectivity index (χ4n) is 3.86. The summed E-state index contributed by atoms with van der Waals surface area (Å²) in [6.45, 7) is 7.32. The summed E-state index contributed by atoms with van der Waals surface area (Å²) in [6.07, 6.45) is 0.459. The van der Waals surface area contributed by atoms with E-state index in [2.05, 4.69) is 6.07 Å². The van der Waals surface area contributed by atoms with E-state index in [1.165, 1.54) is 16.4 Å². The molecule has 1 fully saturated rings. The van der Waals surface area contributed by atoms with Gasteiger partial charge in [-0.2, -0.15) is 9.57 Å². The van der Waals surface area contributed by atoms with Crippen molar-refractivity contribution in [2.75, 3.05) is 19.6 Å². The Morgan fingerprint density at radius 3 is 2.22 bits per heavy atom. The van der Waals surface area contributed by atoms with Crippen LogP contribution in [0.1, 0.15) is 48.7 Å². The number of ether oxygens (including phenoxy) is 1. The third-order valence-electron chi connectivity index (χ3n) is 5.36. The maximum atomic E-state index is 13.1. The van der Waals surface area contributed by atoms with Gasteiger partial charge in [0.05, 0.1) is 28.7 Å². The molecule has 0 aliphatic carbocycles. The molecule has 0 saturated carbocycles. The second-order valence-corrected chi connectivity index (χ2v) is 10.1. The summed E-state index contributed by atoms with van der Waals surface area (Å²) < 4.78 is 33.2. The van der Waals surface area contributed by atoms with Crippen LogP contribution in [0.3, 0.4) is 0 Å². The highest BCUT2D eigenvalue weighted by molar-refractivity contribution is 7.89. The van der Waals surface area contributed by atoms with Gasteiger partial charge in [-0.05, 0) is 62.2 Å². The van der Waals surface area contributed by atoms with Crippen LogP contribution in [0.4, 0.5) is 0 Å². The minimum Gasteiger partial charge on any atom is -0.373 e. The molecule has 1 aliphatic rings. The Morgan fingerprint density at radius 1 is 1.09 bits per heavy atom. The first-order valence-corrected chi connectivity index (χ1v) is 12.2. The molecule has 2 aromatic carbocycles. The van der Waals surface area contributed by atoms with Crippen LogP contribution in [-0.4, -0.2) is 55.4 Å². The van der Waals surface area contributed by atoms with E-state index < -0.39 is 10.0 Å². The van der Waals surface area contributed by atoms with E-state index in [0.717, 1.165) is 12.0 Å². The van der Waals surface area contributed by atoms with Crippen molar-refractivity contribution in [1.29, 1.82) is 5.26 Å². The zero-order chi connectivity index (χ0) is 23.3. The Hall–Kier alpha value is -2.73. The SMILES string of the molecule is CCCN(Cc1ccc(C#N)cc1)C(=O)c1ccc(S(=O)(=O)N2CC(C)OC(C)C2)cc1. The first-order chi connectivity index (χ1) is 15.2. The van der Waals surface area contributed by atoms with Crippen molar-refractivity contribution in [3.8, 4) is 6.07 Å². The minimum atomic E-state index is -3.65. The van der Waals surface area contributed by atoms with Gasteiger partial charge >= 0.3 is 0 Å². The van der Waals surface area contributed by atoms with Gasteiger partial charge in [0.1, 0.15) is 0 Å². The van der Waals surface area contributed by atoms with Crippen molar-refractivity contribution < 1.29 is 17.9 Å². The molecule has 170 valence electrons. The van der Waals surface area contributed by atoms with E-state index in [0.29, 0.717) is 37.3 Å². The average Bonchev–Trinajstić information content (AvgIpc) is 2.78. The Balaban J connectivity index is 1.76. The lowest BCUT2D eigenvalue weighted by Gasteiger charge is -2.34. The van der Waals surface area contributed by atoms with Crippen LogP contribution in [0.5, 0.6) is 0 Å². The number of hydrogen-bond acceptors (Lipinski definition) is 5. The highest BCUT2D eigenvalue weighted by Crippen LogP contribution is 2.22. The van der Waals surface area contributed by atoms with E-state index in [9.17, 15) is 13.2 Å². The molecule has 1 amide bonds. The molecular weight excluding hydrogens is 426 g/mol. The van der Waals surface area contributed by atoms with E-state index in [-0.39, 0.29) is 23.0 Å². The van der Waals surface area contributed by atoms with E-state index >= 15 is 0 Å². The molecule has 2 aromatic rings. The number of carbonyl (C=O) groups excluding carboxylic acids is 1. The highest BCUT2D eigenvalue weighted by atomic mass is 32.2. The van der Waals surface area contributed by atoms with Crippen molar-refractivity contribution in [3.63, 3.8) is 0 Å². The molecule has 1 aliphatic heterocycles. The average molecular weight is 456 g/mol. The number of amides is 1. The normalized spacial score (nSPS) is 19.3. The summed E-state index contributed by atoms with van der Waals surface area (Å²) in [4.78, 5) is 15.0. The van der Waals surface area contributed by atoms with Crippen molar-refractivity contribution in [3.05, 3.63) is 65.2 Å². The summed E-state index contributed by atoms with van der Waals surface area (Å²) in [5.74, 6) is -0.159. The van der Waals surface area contributed by atoms with Crippen LogP contribution in [0.2, 0.25) is 0 Å². The number of benzene rings is 2. The fraction of sp³-hybridized carbons (Fsp3) is 0.417. The summed E-state index contributed by atoms with van der Waals surface area (Å²) in [5, 5.41) is 8.95. The van der Waals surface area contributed by atoms with Gasteiger partial charge in [-0.25, -0.2) is 8.42 Å². The third kappa shape index (κ3) is 5.54. The van der Waals surface area contributed by atoms with Crippen LogP contribution in [0, 0.1) is 11.3 Å². The lowest BCUT2D eigenvalue weighted by atomic mass is 10.1. The number of nitriles is 1. The van der Waals surface area contributed by atoms with Gasteiger partial charge in [0.15, 0.2) is 0 Å². The lowest BCUT2D eigenvalue weighted by molar-refractivity contribution is -0.0440. The van der Waals surface area contributed by atoms with Crippen LogP contribution in [0.15, 0.2) is 53.4 Å². The second kappa shape index (κ2) is 10.3. The highest BCUT2D eigenvalue weighted by Gasteiger charge is 2.32. The molecule has 2 unspecified atom stereocenters. The summed E-state index contributed by atoms with van der Waals surface area (Å²) in [6, 6.07) is 15.4. The minimum absolute atomic E-state index is 0.159. The Bertz CT molecular complexity index is 1070. The molecule has 0 N–H and O–H groups in total. The molecule has 1 saturated heterocycles. The van der Waals surface area contributed by atoms with Gasteiger partial charge in [-0.15, -0.1) is 0 Å². The quantitative estimate of drug-likeness (QED) is 0.638. The molecule has 3 rings (SSSR count). The number of nitrogens with zero attached hydrogens (tertiary/aromatic N) is 3. The van der Waals surface area contributed by atoms with Crippen LogP contribution < -0.4 is 0 Å². The molecule has 0 spiro atoms. The largest absolute Gasteiger partial charge is 0.373 e. The predicted molar refractivity (Wildman–Crippen MR) is 121 cm³/mol. The molecule has 0 radical (unpaired) electrons. The van der Waals surface area contributed by atoms with E-state index in [1.54, 1.807) is 29.2 Å². The Labute approximate surface area is 190 Å².